The number of carbonyl (C=O) groups excluding carboxylic acids is 1. The number of ether oxygens (including phenoxy) is 1. The van der Waals surface area contributed by atoms with E-state index in [9.17, 15) is 9.59 Å². The summed E-state index contributed by atoms with van der Waals surface area (Å²) < 4.78 is 6.73. The Morgan fingerprint density at radius 3 is 2.40 bits per heavy atom. The summed E-state index contributed by atoms with van der Waals surface area (Å²) in [5.41, 5.74) is 3.88. The number of amides is 1. The van der Waals surface area contributed by atoms with Crippen LogP contribution >= 0.6 is 0 Å². The molecule has 0 fully saturated rings. The molecule has 4 aromatic rings. The molecule has 1 aromatic heterocycles. The molecule has 1 N–H and O–H groups in total. The van der Waals surface area contributed by atoms with E-state index in [1.165, 1.54) is 0 Å². The fourth-order valence-corrected chi connectivity index (χ4v) is 3.27. The van der Waals surface area contributed by atoms with Crippen LogP contribution in [-0.4, -0.2) is 22.6 Å². The van der Waals surface area contributed by atoms with Gasteiger partial charge < -0.3 is 14.6 Å². The highest BCUT2D eigenvalue weighted by molar-refractivity contribution is 5.94. The highest BCUT2D eigenvalue weighted by atomic mass is 16.5. The number of fused-ring (bicyclic) bond motifs is 1. The van der Waals surface area contributed by atoms with Gasteiger partial charge in [0.25, 0.3) is 11.5 Å². The van der Waals surface area contributed by atoms with Gasteiger partial charge in [0.05, 0.1) is 18.1 Å². The summed E-state index contributed by atoms with van der Waals surface area (Å²) >= 11 is 0. The minimum absolute atomic E-state index is 0.176. The number of nitrogens with one attached hydrogen (secondary N) is 1. The highest BCUT2D eigenvalue weighted by Crippen LogP contribution is 2.18. The van der Waals surface area contributed by atoms with Crippen molar-refractivity contribution < 1.29 is 9.53 Å². The average Bonchev–Trinajstić information content (AvgIpc) is 2.80. The van der Waals surface area contributed by atoms with E-state index in [-0.39, 0.29) is 11.5 Å². The second-order valence-electron chi connectivity index (χ2n) is 6.92. The third-order valence-electron chi connectivity index (χ3n) is 5.02. The maximum atomic E-state index is 12.7. The third kappa shape index (κ3) is 3.80. The van der Waals surface area contributed by atoms with Crippen LogP contribution in [0.2, 0.25) is 0 Å². The second kappa shape index (κ2) is 8.21. The quantitative estimate of drug-likeness (QED) is 0.557. The lowest BCUT2D eigenvalue weighted by molar-refractivity contribution is 0.0951. The molecule has 0 unspecified atom stereocenters. The van der Waals surface area contributed by atoms with Gasteiger partial charge in [-0.2, -0.15) is 0 Å². The van der Waals surface area contributed by atoms with Crippen LogP contribution in [0, 0.1) is 0 Å². The van der Waals surface area contributed by atoms with Crippen molar-refractivity contribution in [3.05, 3.63) is 94.3 Å². The Morgan fingerprint density at radius 2 is 1.70 bits per heavy atom. The summed E-state index contributed by atoms with van der Waals surface area (Å²) in [6.45, 7) is 0.414. The number of para-hydroxylation sites is 2. The minimum atomic E-state index is -0.184. The van der Waals surface area contributed by atoms with E-state index in [0.717, 1.165) is 22.3 Å². The summed E-state index contributed by atoms with van der Waals surface area (Å²) in [5, 5.41) is 2.90. The van der Waals surface area contributed by atoms with Crippen LogP contribution in [0.1, 0.15) is 15.9 Å². The molecule has 0 spiro atoms. The largest absolute Gasteiger partial charge is 0.497 e. The predicted molar refractivity (Wildman–Crippen MR) is 117 cm³/mol. The van der Waals surface area contributed by atoms with Crippen molar-refractivity contribution >= 4 is 16.9 Å². The van der Waals surface area contributed by atoms with Crippen LogP contribution in [0.25, 0.3) is 22.3 Å². The van der Waals surface area contributed by atoms with E-state index >= 15 is 0 Å². The van der Waals surface area contributed by atoms with Crippen LogP contribution in [0.4, 0.5) is 0 Å². The van der Waals surface area contributed by atoms with Crippen molar-refractivity contribution in [3.8, 4) is 17.0 Å². The topological polar surface area (TPSA) is 73.2 Å². The maximum absolute atomic E-state index is 12.7. The number of methoxy groups -OCH3 is 1. The van der Waals surface area contributed by atoms with Crippen molar-refractivity contribution in [3.63, 3.8) is 0 Å². The molecule has 0 bridgehead atoms. The van der Waals surface area contributed by atoms with E-state index in [4.69, 9.17) is 4.74 Å². The first-order valence-corrected chi connectivity index (χ1v) is 9.54. The Bertz CT molecular complexity index is 1260. The third-order valence-corrected chi connectivity index (χ3v) is 5.02. The zero-order chi connectivity index (χ0) is 21.1. The first-order chi connectivity index (χ1) is 14.6. The van der Waals surface area contributed by atoms with E-state index in [1.807, 2.05) is 48.5 Å². The zero-order valence-corrected chi connectivity index (χ0v) is 16.8. The van der Waals surface area contributed by atoms with E-state index in [0.29, 0.717) is 23.4 Å². The number of aromatic nitrogens is 2. The first kappa shape index (κ1) is 19.4. The monoisotopic (exact) mass is 399 g/mol. The predicted octanol–water partition coefficient (Wildman–Crippen LogP) is 3.54. The Kier molecular flexibility index (Phi) is 5.30. The summed E-state index contributed by atoms with van der Waals surface area (Å²) in [7, 11) is 3.35. The van der Waals surface area contributed by atoms with Crippen molar-refractivity contribution in [2.45, 2.75) is 6.54 Å². The van der Waals surface area contributed by atoms with Gasteiger partial charge in [-0.3, -0.25) is 9.59 Å². The smallest absolute Gasteiger partial charge is 0.277 e. The number of rotatable bonds is 5. The van der Waals surface area contributed by atoms with Gasteiger partial charge in [-0.25, -0.2) is 4.98 Å². The van der Waals surface area contributed by atoms with Gasteiger partial charge in [0.2, 0.25) is 0 Å². The first-order valence-electron chi connectivity index (χ1n) is 9.54. The number of hydrogen-bond donors (Lipinski definition) is 1. The zero-order valence-electron chi connectivity index (χ0n) is 16.8. The SMILES string of the molecule is COc1ccc(CNC(=O)c2ccc(-c3nc4ccccc4n(C)c3=O)cc2)cc1. The Labute approximate surface area is 173 Å². The lowest BCUT2D eigenvalue weighted by Crippen LogP contribution is -2.23. The summed E-state index contributed by atoms with van der Waals surface area (Å²) in [5.74, 6) is 0.589. The van der Waals surface area contributed by atoms with Crippen molar-refractivity contribution in [2.24, 2.45) is 7.05 Å². The molecular weight excluding hydrogens is 378 g/mol. The number of carbonyl (C=O) groups is 1. The Hall–Kier alpha value is -3.93. The number of aryl methyl sites for hydroxylation is 1. The van der Waals surface area contributed by atoms with Gasteiger partial charge in [0.15, 0.2) is 0 Å². The van der Waals surface area contributed by atoms with E-state index in [2.05, 4.69) is 10.3 Å². The van der Waals surface area contributed by atoms with Crippen LogP contribution < -0.4 is 15.6 Å². The Balaban J connectivity index is 1.52. The maximum Gasteiger partial charge on any atom is 0.277 e. The molecule has 1 heterocycles. The summed E-state index contributed by atoms with van der Waals surface area (Å²) in [6, 6.07) is 21.9. The van der Waals surface area contributed by atoms with Gasteiger partial charge >= 0.3 is 0 Å². The van der Waals surface area contributed by atoms with Gasteiger partial charge in [-0.05, 0) is 42.0 Å². The molecule has 6 nitrogen and oxygen atoms in total. The van der Waals surface area contributed by atoms with Crippen LogP contribution in [0.5, 0.6) is 5.75 Å². The van der Waals surface area contributed by atoms with Crippen molar-refractivity contribution in [2.75, 3.05) is 7.11 Å². The molecule has 3 aromatic carbocycles. The summed E-state index contributed by atoms with van der Waals surface area (Å²) in [6.07, 6.45) is 0. The normalized spacial score (nSPS) is 10.7. The molecule has 1 amide bonds. The molecule has 30 heavy (non-hydrogen) atoms. The molecule has 0 aliphatic heterocycles. The van der Waals surface area contributed by atoms with Gasteiger partial charge in [-0.1, -0.05) is 36.4 Å². The van der Waals surface area contributed by atoms with Crippen LogP contribution in [0.3, 0.4) is 0 Å². The summed E-state index contributed by atoms with van der Waals surface area (Å²) in [4.78, 5) is 29.7. The van der Waals surface area contributed by atoms with Gasteiger partial charge in [-0.15, -0.1) is 0 Å². The minimum Gasteiger partial charge on any atom is -0.497 e. The average molecular weight is 399 g/mol. The molecule has 0 saturated heterocycles. The highest BCUT2D eigenvalue weighted by Gasteiger charge is 2.12. The lowest BCUT2D eigenvalue weighted by Gasteiger charge is -2.09. The fourth-order valence-electron chi connectivity index (χ4n) is 3.27. The van der Waals surface area contributed by atoms with Crippen molar-refractivity contribution in [1.82, 2.24) is 14.9 Å². The van der Waals surface area contributed by atoms with Crippen molar-refractivity contribution in [1.29, 1.82) is 0 Å². The van der Waals surface area contributed by atoms with E-state index < -0.39 is 0 Å². The van der Waals surface area contributed by atoms with Crippen LogP contribution in [0.15, 0.2) is 77.6 Å². The molecule has 0 radical (unpaired) electrons. The second-order valence-corrected chi connectivity index (χ2v) is 6.92. The van der Waals surface area contributed by atoms with Gasteiger partial charge in [0.1, 0.15) is 11.4 Å². The lowest BCUT2D eigenvalue weighted by atomic mass is 10.1. The molecule has 0 saturated carbocycles. The number of hydrogen-bond acceptors (Lipinski definition) is 4. The van der Waals surface area contributed by atoms with Gasteiger partial charge in [0, 0.05) is 24.7 Å². The molecule has 0 aliphatic carbocycles. The fraction of sp³-hybridized carbons (Fsp3) is 0.125. The van der Waals surface area contributed by atoms with Crippen LogP contribution in [-0.2, 0) is 13.6 Å². The molecule has 4 rings (SSSR count). The molecular formula is C24H21N3O3. The molecule has 150 valence electrons. The molecule has 0 aliphatic rings. The number of benzene rings is 3. The number of nitrogens with zero attached hydrogens (tertiary/aromatic N) is 2. The molecule has 6 heteroatoms. The van der Waals surface area contributed by atoms with E-state index in [1.54, 1.807) is 43.0 Å². The molecule has 0 atom stereocenters. The standard InChI is InChI=1S/C24H21N3O3/c1-27-21-6-4-3-5-20(21)26-22(24(27)29)17-9-11-18(12-10-17)23(28)25-15-16-7-13-19(30-2)14-8-16/h3-14H,15H2,1-2H3,(H,25,28). The Morgan fingerprint density at radius 1 is 1.00 bits per heavy atom.